The van der Waals surface area contributed by atoms with Crippen molar-refractivity contribution in [2.24, 2.45) is 0 Å². The molecule has 0 atom stereocenters. The Hall–Kier alpha value is -0.620. The first kappa shape index (κ1) is 16.7. The molecule has 2 rings (SSSR count). The maximum Gasteiger partial charge on any atom is 0.313 e. The van der Waals surface area contributed by atoms with Crippen molar-refractivity contribution >= 4 is 29.5 Å². The van der Waals surface area contributed by atoms with E-state index in [9.17, 15) is 4.79 Å². The number of nitrogens with zero attached hydrogens (tertiary/aromatic N) is 2. The largest absolute Gasteiger partial charge is 0.481 e. The number of carboxylic acid groups (broad SMARTS) is 1. The fourth-order valence-corrected chi connectivity index (χ4v) is 4.67. The molecule has 21 heavy (non-hydrogen) atoms. The minimum atomic E-state index is -0.787. The van der Waals surface area contributed by atoms with E-state index in [1.165, 1.54) is 49.6 Å². The van der Waals surface area contributed by atoms with Crippen molar-refractivity contribution in [1.82, 2.24) is 9.55 Å². The lowest BCUT2D eigenvalue weighted by atomic mass is 9.88. The Morgan fingerprint density at radius 2 is 2.14 bits per heavy atom. The average molecular weight is 329 g/mol. The summed E-state index contributed by atoms with van der Waals surface area (Å²) in [7, 11) is 0. The fourth-order valence-electron chi connectivity index (χ4n) is 3.00. The predicted molar refractivity (Wildman–Crippen MR) is 89.3 cm³/mol. The normalized spacial score (nSPS) is 17.8. The summed E-state index contributed by atoms with van der Waals surface area (Å²) in [5.74, 6) is -0.711. The molecule has 0 unspecified atom stereocenters. The van der Waals surface area contributed by atoms with E-state index in [1.807, 2.05) is 18.0 Å². The maximum atomic E-state index is 10.8. The highest BCUT2D eigenvalue weighted by molar-refractivity contribution is 8.00. The van der Waals surface area contributed by atoms with Gasteiger partial charge in [-0.1, -0.05) is 37.9 Å². The minimum absolute atomic E-state index is 0.0758. The molecule has 1 fully saturated rings. The van der Waals surface area contributed by atoms with Crippen LogP contribution in [0.25, 0.3) is 0 Å². The molecule has 0 aliphatic heterocycles. The summed E-state index contributed by atoms with van der Waals surface area (Å²) in [6.45, 7) is 3.09. The van der Waals surface area contributed by atoms with Crippen LogP contribution in [0.3, 0.4) is 0 Å². The SMILES string of the molecule is CCc1cnc(SCC(=O)O)n1CC1(SC)CCCCC1. The van der Waals surface area contributed by atoms with Crippen LogP contribution in [-0.4, -0.2) is 37.4 Å². The summed E-state index contributed by atoms with van der Waals surface area (Å²) in [6, 6.07) is 0. The first-order valence-electron chi connectivity index (χ1n) is 7.54. The van der Waals surface area contributed by atoms with E-state index in [1.54, 1.807) is 0 Å². The molecule has 1 aromatic heterocycles. The number of hydrogen-bond donors (Lipinski definition) is 1. The molecule has 1 aromatic rings. The highest BCUT2D eigenvalue weighted by atomic mass is 32.2. The van der Waals surface area contributed by atoms with Gasteiger partial charge in [0, 0.05) is 23.2 Å². The lowest BCUT2D eigenvalue weighted by Crippen LogP contribution is -2.33. The van der Waals surface area contributed by atoms with Gasteiger partial charge in [0.2, 0.25) is 0 Å². The van der Waals surface area contributed by atoms with E-state index in [0.29, 0.717) is 4.75 Å². The lowest BCUT2D eigenvalue weighted by Gasteiger charge is -2.36. The van der Waals surface area contributed by atoms with Crippen LogP contribution in [0.15, 0.2) is 11.4 Å². The van der Waals surface area contributed by atoms with Gasteiger partial charge in [-0.25, -0.2) is 4.98 Å². The van der Waals surface area contributed by atoms with E-state index >= 15 is 0 Å². The zero-order chi connectivity index (χ0) is 15.3. The lowest BCUT2D eigenvalue weighted by molar-refractivity contribution is -0.133. The zero-order valence-electron chi connectivity index (χ0n) is 12.8. The van der Waals surface area contributed by atoms with Crippen molar-refractivity contribution in [3.63, 3.8) is 0 Å². The van der Waals surface area contributed by atoms with E-state index in [-0.39, 0.29) is 5.75 Å². The van der Waals surface area contributed by atoms with Gasteiger partial charge in [0.25, 0.3) is 0 Å². The number of carboxylic acids is 1. The number of aromatic nitrogens is 2. The van der Waals surface area contributed by atoms with Gasteiger partial charge in [-0.2, -0.15) is 11.8 Å². The average Bonchev–Trinajstić information content (AvgIpc) is 2.88. The van der Waals surface area contributed by atoms with E-state index in [2.05, 4.69) is 22.7 Å². The summed E-state index contributed by atoms with van der Waals surface area (Å²) in [4.78, 5) is 15.3. The third-order valence-electron chi connectivity index (χ3n) is 4.23. The number of rotatable bonds is 7. The van der Waals surface area contributed by atoms with E-state index < -0.39 is 5.97 Å². The molecule has 0 aromatic carbocycles. The van der Waals surface area contributed by atoms with Crippen LogP contribution >= 0.6 is 23.5 Å². The molecule has 6 heteroatoms. The van der Waals surface area contributed by atoms with Gasteiger partial charge in [0.15, 0.2) is 5.16 Å². The van der Waals surface area contributed by atoms with Gasteiger partial charge in [-0.3, -0.25) is 4.79 Å². The van der Waals surface area contributed by atoms with E-state index in [4.69, 9.17) is 5.11 Å². The summed E-state index contributed by atoms with van der Waals surface area (Å²) in [5, 5.41) is 9.74. The number of carbonyl (C=O) groups is 1. The Morgan fingerprint density at radius 1 is 1.43 bits per heavy atom. The second-order valence-electron chi connectivity index (χ2n) is 5.60. The van der Waals surface area contributed by atoms with Crippen LogP contribution in [-0.2, 0) is 17.8 Å². The zero-order valence-corrected chi connectivity index (χ0v) is 14.4. The highest BCUT2D eigenvalue weighted by Crippen LogP contribution is 2.41. The number of thioether (sulfide) groups is 2. The molecule has 1 saturated carbocycles. The van der Waals surface area contributed by atoms with Crippen LogP contribution < -0.4 is 0 Å². The molecule has 0 spiro atoms. The number of aliphatic carboxylic acids is 1. The van der Waals surface area contributed by atoms with Crippen LogP contribution in [0.5, 0.6) is 0 Å². The molecular formula is C15H24N2O2S2. The topological polar surface area (TPSA) is 55.1 Å². The van der Waals surface area contributed by atoms with Gasteiger partial charge in [0.05, 0.1) is 5.75 Å². The molecule has 0 radical (unpaired) electrons. The third-order valence-corrected chi connectivity index (χ3v) is 6.61. The van der Waals surface area contributed by atoms with E-state index in [0.717, 1.165) is 18.1 Å². The Kier molecular flexibility index (Phi) is 6.05. The van der Waals surface area contributed by atoms with Gasteiger partial charge in [0.1, 0.15) is 0 Å². The van der Waals surface area contributed by atoms with Gasteiger partial charge in [-0.15, -0.1) is 0 Å². The predicted octanol–water partition coefficient (Wildman–Crippen LogP) is 3.69. The Balaban J connectivity index is 2.19. The quantitative estimate of drug-likeness (QED) is 0.774. The molecule has 1 aliphatic rings. The van der Waals surface area contributed by atoms with Crippen LogP contribution in [0.2, 0.25) is 0 Å². The Labute approximate surface area is 135 Å². The molecule has 1 N–H and O–H groups in total. The summed E-state index contributed by atoms with van der Waals surface area (Å²) < 4.78 is 2.55. The fraction of sp³-hybridized carbons (Fsp3) is 0.733. The Morgan fingerprint density at radius 3 is 2.71 bits per heavy atom. The smallest absolute Gasteiger partial charge is 0.313 e. The summed E-state index contributed by atoms with van der Waals surface area (Å²) in [5.41, 5.74) is 1.21. The van der Waals surface area contributed by atoms with Crippen molar-refractivity contribution in [2.75, 3.05) is 12.0 Å². The van der Waals surface area contributed by atoms with Crippen molar-refractivity contribution in [3.05, 3.63) is 11.9 Å². The molecule has 0 bridgehead atoms. The monoisotopic (exact) mass is 328 g/mol. The van der Waals surface area contributed by atoms with Crippen molar-refractivity contribution in [3.8, 4) is 0 Å². The third kappa shape index (κ3) is 4.19. The maximum absolute atomic E-state index is 10.8. The molecular weight excluding hydrogens is 304 g/mol. The molecule has 4 nitrogen and oxygen atoms in total. The van der Waals surface area contributed by atoms with Gasteiger partial charge in [-0.05, 0) is 25.5 Å². The van der Waals surface area contributed by atoms with Crippen LogP contribution in [0.1, 0.15) is 44.7 Å². The van der Waals surface area contributed by atoms with Crippen LogP contribution in [0, 0.1) is 0 Å². The second-order valence-corrected chi connectivity index (χ2v) is 7.82. The van der Waals surface area contributed by atoms with Crippen molar-refractivity contribution in [2.45, 2.75) is 61.9 Å². The summed E-state index contributed by atoms with van der Waals surface area (Å²) >= 11 is 3.30. The molecule has 0 saturated heterocycles. The highest BCUT2D eigenvalue weighted by Gasteiger charge is 2.32. The number of hydrogen-bond acceptors (Lipinski definition) is 4. The minimum Gasteiger partial charge on any atom is -0.481 e. The Bertz CT molecular complexity index is 482. The molecule has 1 heterocycles. The molecule has 0 amide bonds. The van der Waals surface area contributed by atoms with Gasteiger partial charge >= 0.3 is 5.97 Å². The molecule has 1 aliphatic carbocycles. The summed E-state index contributed by atoms with van der Waals surface area (Å²) in [6.07, 6.45) is 11.5. The first-order valence-corrected chi connectivity index (χ1v) is 9.75. The van der Waals surface area contributed by atoms with Crippen molar-refractivity contribution < 1.29 is 9.90 Å². The standard InChI is InChI=1S/C15H24N2O2S2/c1-3-12-9-16-14(21-10-13(18)19)17(12)11-15(20-2)7-5-4-6-8-15/h9H,3-8,10-11H2,1-2H3,(H,18,19). The first-order chi connectivity index (χ1) is 10.1. The second kappa shape index (κ2) is 7.58. The molecule has 118 valence electrons. The van der Waals surface area contributed by atoms with Crippen molar-refractivity contribution in [1.29, 1.82) is 0 Å². The van der Waals surface area contributed by atoms with Gasteiger partial charge < -0.3 is 9.67 Å². The number of imidazole rings is 1. The van der Waals surface area contributed by atoms with Crippen LogP contribution in [0.4, 0.5) is 0 Å². The number of aryl methyl sites for hydroxylation is 1.